The van der Waals surface area contributed by atoms with Gasteiger partial charge in [0.1, 0.15) is 5.75 Å². The second-order valence-electron chi connectivity index (χ2n) is 8.36. The molecule has 1 aliphatic rings. The summed E-state index contributed by atoms with van der Waals surface area (Å²) in [6.45, 7) is 7.22. The van der Waals surface area contributed by atoms with Gasteiger partial charge in [-0.15, -0.1) is 0 Å². The Bertz CT molecular complexity index is 887. The van der Waals surface area contributed by atoms with Crippen molar-refractivity contribution >= 4 is 11.8 Å². The van der Waals surface area contributed by atoms with E-state index < -0.39 is 30.1 Å². The van der Waals surface area contributed by atoms with Gasteiger partial charge in [0.15, 0.2) is 12.2 Å². The lowest BCUT2D eigenvalue weighted by atomic mass is 10.1. The van der Waals surface area contributed by atoms with Crippen LogP contribution in [0, 0.1) is 5.92 Å². The van der Waals surface area contributed by atoms with Crippen LogP contribution in [0.25, 0.3) is 0 Å². The average molecular weight is 427 g/mol. The molecule has 0 bridgehead atoms. The number of nitrogens with zero attached hydrogens (tertiary/aromatic N) is 1. The molecule has 3 atom stereocenters. The van der Waals surface area contributed by atoms with Gasteiger partial charge in [-0.1, -0.05) is 50.2 Å². The van der Waals surface area contributed by atoms with Crippen LogP contribution in [0.1, 0.15) is 43.5 Å². The Kier molecular flexibility index (Phi) is 7.30. The van der Waals surface area contributed by atoms with E-state index in [0.717, 1.165) is 22.4 Å². The van der Waals surface area contributed by atoms with Gasteiger partial charge < -0.3 is 25.2 Å². The zero-order valence-corrected chi connectivity index (χ0v) is 18.1. The Morgan fingerprint density at radius 2 is 1.55 bits per heavy atom. The SMILES string of the molecule is CC(C)COc1ccc([C@@H](C)NC(=O)[C@H](O)[C@@H](O)C(=O)N2Cc3ccccc3C2)cc1. The third-order valence-electron chi connectivity index (χ3n) is 5.30. The molecule has 7 heteroatoms. The van der Waals surface area contributed by atoms with E-state index in [1.54, 1.807) is 6.92 Å². The Balaban J connectivity index is 1.54. The number of aliphatic hydroxyl groups excluding tert-OH is 2. The predicted molar refractivity (Wildman–Crippen MR) is 116 cm³/mol. The van der Waals surface area contributed by atoms with Crippen molar-refractivity contribution in [3.05, 3.63) is 65.2 Å². The summed E-state index contributed by atoms with van der Waals surface area (Å²) in [6, 6.07) is 14.5. The summed E-state index contributed by atoms with van der Waals surface area (Å²) < 4.78 is 5.65. The normalized spacial score (nSPS) is 15.9. The van der Waals surface area contributed by atoms with Crippen molar-refractivity contribution in [2.45, 2.75) is 52.1 Å². The van der Waals surface area contributed by atoms with E-state index in [9.17, 15) is 19.8 Å². The van der Waals surface area contributed by atoms with Crippen LogP contribution in [0.15, 0.2) is 48.5 Å². The van der Waals surface area contributed by atoms with Crippen molar-refractivity contribution in [3.8, 4) is 5.75 Å². The number of carbonyl (C=O) groups excluding carboxylic acids is 2. The van der Waals surface area contributed by atoms with Crippen LogP contribution in [0.4, 0.5) is 0 Å². The average Bonchev–Trinajstić information content (AvgIpc) is 3.20. The zero-order chi connectivity index (χ0) is 22.5. The van der Waals surface area contributed by atoms with Crippen LogP contribution in [-0.4, -0.2) is 45.7 Å². The molecule has 0 saturated heterocycles. The first-order valence-electron chi connectivity index (χ1n) is 10.5. The monoisotopic (exact) mass is 426 g/mol. The van der Waals surface area contributed by atoms with Gasteiger partial charge in [0.25, 0.3) is 11.8 Å². The molecular formula is C24H30N2O5. The van der Waals surface area contributed by atoms with Gasteiger partial charge in [-0.2, -0.15) is 0 Å². The molecule has 0 fully saturated rings. The number of amides is 2. The predicted octanol–water partition coefficient (Wildman–Crippen LogP) is 2.16. The zero-order valence-electron chi connectivity index (χ0n) is 18.1. The summed E-state index contributed by atoms with van der Waals surface area (Å²) in [5.74, 6) is -0.310. The molecule has 3 rings (SSSR count). The molecule has 2 aromatic carbocycles. The minimum Gasteiger partial charge on any atom is -0.493 e. The highest BCUT2D eigenvalue weighted by Crippen LogP contribution is 2.23. The Hall–Kier alpha value is -2.90. The summed E-state index contributed by atoms with van der Waals surface area (Å²) in [7, 11) is 0. The molecule has 2 amide bonds. The van der Waals surface area contributed by atoms with Crippen molar-refractivity contribution in [2.24, 2.45) is 5.92 Å². The highest BCUT2D eigenvalue weighted by atomic mass is 16.5. The van der Waals surface area contributed by atoms with Crippen LogP contribution in [-0.2, 0) is 22.7 Å². The third-order valence-corrected chi connectivity index (χ3v) is 5.30. The first-order chi connectivity index (χ1) is 14.8. The minimum atomic E-state index is -1.85. The van der Waals surface area contributed by atoms with Crippen LogP contribution >= 0.6 is 0 Å². The van der Waals surface area contributed by atoms with Gasteiger partial charge in [-0.3, -0.25) is 9.59 Å². The first kappa shape index (κ1) is 22.8. The van der Waals surface area contributed by atoms with Gasteiger partial charge in [-0.05, 0) is 41.7 Å². The van der Waals surface area contributed by atoms with Gasteiger partial charge in [-0.25, -0.2) is 0 Å². The largest absolute Gasteiger partial charge is 0.493 e. The van der Waals surface area contributed by atoms with Gasteiger partial charge in [0, 0.05) is 13.1 Å². The number of rotatable bonds is 8. The topological polar surface area (TPSA) is 99.1 Å². The Labute approximate surface area is 182 Å². The fourth-order valence-electron chi connectivity index (χ4n) is 3.45. The summed E-state index contributed by atoms with van der Waals surface area (Å²) >= 11 is 0. The molecule has 0 saturated carbocycles. The molecule has 1 aliphatic heterocycles. The number of hydrogen-bond donors (Lipinski definition) is 3. The maximum Gasteiger partial charge on any atom is 0.255 e. The van der Waals surface area contributed by atoms with Crippen LogP contribution in [0.3, 0.4) is 0 Å². The lowest BCUT2D eigenvalue weighted by Crippen LogP contribution is -2.50. The summed E-state index contributed by atoms with van der Waals surface area (Å²) in [5, 5.41) is 23.2. The van der Waals surface area contributed by atoms with Crippen LogP contribution < -0.4 is 10.1 Å². The summed E-state index contributed by atoms with van der Waals surface area (Å²) in [4.78, 5) is 26.5. The van der Waals surface area contributed by atoms with Crippen molar-refractivity contribution < 1.29 is 24.5 Å². The van der Waals surface area contributed by atoms with Crippen LogP contribution in [0.5, 0.6) is 5.75 Å². The maximum absolute atomic E-state index is 12.6. The first-order valence-corrected chi connectivity index (χ1v) is 10.5. The standard InChI is InChI=1S/C24H30N2O5/c1-15(2)14-31-20-10-8-17(9-11-20)16(3)25-23(29)21(27)22(28)24(30)26-12-18-6-4-5-7-19(18)13-26/h4-11,15-16,21-22,27-28H,12-14H2,1-3H3,(H,25,29)/t16-,21-,22-/m1/s1. The maximum atomic E-state index is 12.6. The van der Waals surface area contributed by atoms with Gasteiger partial charge in [0.2, 0.25) is 0 Å². The summed E-state index contributed by atoms with van der Waals surface area (Å²) in [5.41, 5.74) is 2.81. The second-order valence-corrected chi connectivity index (χ2v) is 8.36. The van der Waals surface area contributed by atoms with Gasteiger partial charge >= 0.3 is 0 Å². The summed E-state index contributed by atoms with van der Waals surface area (Å²) in [6.07, 6.45) is -3.68. The van der Waals surface area contributed by atoms with Crippen molar-refractivity contribution in [2.75, 3.05) is 6.61 Å². The molecule has 7 nitrogen and oxygen atoms in total. The molecule has 0 unspecified atom stereocenters. The molecule has 0 aliphatic carbocycles. The van der Waals surface area contributed by atoms with E-state index in [4.69, 9.17) is 4.74 Å². The van der Waals surface area contributed by atoms with E-state index in [1.807, 2.05) is 48.5 Å². The van der Waals surface area contributed by atoms with Gasteiger partial charge in [0.05, 0.1) is 12.6 Å². The number of hydrogen-bond acceptors (Lipinski definition) is 5. The molecule has 31 heavy (non-hydrogen) atoms. The number of carbonyl (C=O) groups is 2. The molecule has 166 valence electrons. The number of fused-ring (bicyclic) bond motifs is 1. The number of aliphatic hydroxyl groups is 2. The molecular weight excluding hydrogens is 396 g/mol. The molecule has 0 aromatic heterocycles. The fraction of sp³-hybridized carbons (Fsp3) is 0.417. The van der Waals surface area contributed by atoms with E-state index in [-0.39, 0.29) is 0 Å². The number of ether oxygens (including phenoxy) is 1. The Morgan fingerprint density at radius 3 is 2.10 bits per heavy atom. The van der Waals surface area contributed by atoms with Crippen molar-refractivity contribution in [3.63, 3.8) is 0 Å². The molecule has 0 radical (unpaired) electrons. The van der Waals surface area contributed by atoms with E-state index in [1.165, 1.54) is 4.90 Å². The Morgan fingerprint density at radius 1 is 0.968 bits per heavy atom. The lowest BCUT2D eigenvalue weighted by Gasteiger charge is -2.24. The fourth-order valence-corrected chi connectivity index (χ4v) is 3.45. The van der Waals surface area contributed by atoms with Crippen molar-refractivity contribution in [1.82, 2.24) is 10.2 Å². The quantitative estimate of drug-likeness (QED) is 0.601. The van der Waals surface area contributed by atoms with Crippen LogP contribution in [0.2, 0.25) is 0 Å². The van der Waals surface area contributed by atoms with E-state index in [0.29, 0.717) is 25.6 Å². The van der Waals surface area contributed by atoms with Crippen molar-refractivity contribution in [1.29, 1.82) is 0 Å². The molecule has 2 aromatic rings. The molecule has 3 N–H and O–H groups in total. The van der Waals surface area contributed by atoms with E-state index in [2.05, 4.69) is 19.2 Å². The molecule has 0 spiro atoms. The molecule has 1 heterocycles. The number of nitrogens with one attached hydrogen (secondary N) is 1. The van der Waals surface area contributed by atoms with E-state index >= 15 is 0 Å². The highest BCUT2D eigenvalue weighted by molar-refractivity contribution is 5.91. The highest BCUT2D eigenvalue weighted by Gasteiger charge is 2.35. The smallest absolute Gasteiger partial charge is 0.255 e. The number of benzene rings is 2. The second kappa shape index (κ2) is 9.94. The third kappa shape index (κ3) is 5.62. The minimum absolute atomic E-state index is 0.349. The lowest BCUT2D eigenvalue weighted by molar-refractivity contribution is -0.153.